The molecule has 0 rings (SSSR count). The average Bonchev–Trinajstić information content (AvgIpc) is 3.09. The Morgan fingerprint density at radius 3 is 1.00 bits per heavy atom. The van der Waals surface area contributed by atoms with E-state index in [1.165, 1.54) is 180 Å². The van der Waals surface area contributed by atoms with Crippen LogP contribution in [0, 0.1) is 5.92 Å². The van der Waals surface area contributed by atoms with Gasteiger partial charge in [0, 0.05) is 12.8 Å². The van der Waals surface area contributed by atoms with E-state index in [1.807, 2.05) is 0 Å². The zero-order valence-corrected chi connectivity index (χ0v) is 32.7. The number of esters is 2. The Balaban J connectivity index is 3.35. The van der Waals surface area contributed by atoms with Crippen molar-refractivity contribution in [1.82, 2.24) is 0 Å². The number of unbranched alkanes of at least 4 members (excludes halogenated alkanes) is 28. The highest BCUT2D eigenvalue weighted by Crippen LogP contribution is 2.17. The molecule has 1 unspecified atom stereocenters. The highest BCUT2D eigenvalue weighted by Gasteiger charge is 2.12. The van der Waals surface area contributed by atoms with E-state index in [0.717, 1.165) is 31.6 Å². The molecule has 48 heavy (non-hydrogen) atoms. The first-order valence-electron chi connectivity index (χ1n) is 21.5. The molecule has 0 fully saturated rings. The molecule has 0 saturated heterocycles. The third-order valence-electron chi connectivity index (χ3n) is 10.1. The van der Waals surface area contributed by atoms with Gasteiger partial charge in [-0.3, -0.25) is 9.59 Å². The van der Waals surface area contributed by atoms with Gasteiger partial charge in [0.1, 0.15) is 19.3 Å². The summed E-state index contributed by atoms with van der Waals surface area (Å²) in [6, 6.07) is 0. The molecule has 0 aliphatic rings. The van der Waals surface area contributed by atoms with Crippen molar-refractivity contribution >= 4 is 11.9 Å². The third kappa shape index (κ3) is 37.7. The lowest BCUT2D eigenvalue weighted by Crippen LogP contribution is -2.25. The van der Waals surface area contributed by atoms with Gasteiger partial charge in [-0.05, 0) is 18.8 Å². The van der Waals surface area contributed by atoms with Crippen molar-refractivity contribution in [3.05, 3.63) is 0 Å². The molecule has 286 valence electrons. The second-order valence-electron chi connectivity index (χ2n) is 15.1. The minimum Gasteiger partial charge on any atom is -0.463 e. The Kier molecular flexibility index (Phi) is 37.8. The predicted octanol–water partition coefficient (Wildman–Crippen LogP) is 13.4. The number of aliphatic hydroxyl groups is 1. The van der Waals surface area contributed by atoms with Crippen LogP contribution < -0.4 is 0 Å². The molecule has 2 atom stereocenters. The van der Waals surface area contributed by atoms with Crippen LogP contribution in [-0.4, -0.2) is 36.4 Å². The summed E-state index contributed by atoms with van der Waals surface area (Å²) in [6.45, 7) is 6.73. The second-order valence-corrected chi connectivity index (χ2v) is 15.1. The molecule has 0 amide bonds. The molecule has 0 aromatic heterocycles. The summed E-state index contributed by atoms with van der Waals surface area (Å²) < 4.78 is 10.3. The fourth-order valence-corrected chi connectivity index (χ4v) is 6.48. The summed E-state index contributed by atoms with van der Waals surface area (Å²) in [6.07, 6.45) is 41.6. The normalized spacial score (nSPS) is 12.7. The van der Waals surface area contributed by atoms with Crippen LogP contribution in [0.1, 0.15) is 239 Å². The smallest absolute Gasteiger partial charge is 0.305 e. The number of carbonyl (C=O) groups excluding carboxylic acids is 2. The fourth-order valence-electron chi connectivity index (χ4n) is 6.48. The van der Waals surface area contributed by atoms with Gasteiger partial charge < -0.3 is 14.6 Å². The molecule has 0 spiro atoms. The Bertz CT molecular complexity index is 666. The van der Waals surface area contributed by atoms with Gasteiger partial charge in [-0.25, -0.2) is 0 Å². The lowest BCUT2D eigenvalue weighted by Gasteiger charge is -2.12. The number of hydrogen-bond acceptors (Lipinski definition) is 5. The Morgan fingerprint density at radius 2 is 0.708 bits per heavy atom. The van der Waals surface area contributed by atoms with E-state index < -0.39 is 6.10 Å². The summed E-state index contributed by atoms with van der Waals surface area (Å²) in [5, 5.41) is 10.0. The predicted molar refractivity (Wildman–Crippen MR) is 205 cm³/mol. The largest absolute Gasteiger partial charge is 0.463 e. The third-order valence-corrected chi connectivity index (χ3v) is 10.1. The van der Waals surface area contributed by atoms with Crippen molar-refractivity contribution in [2.45, 2.75) is 245 Å². The van der Waals surface area contributed by atoms with Crippen molar-refractivity contribution in [2.24, 2.45) is 5.92 Å². The minimum atomic E-state index is -0.955. The van der Waals surface area contributed by atoms with Gasteiger partial charge in [-0.15, -0.1) is 0 Å². The van der Waals surface area contributed by atoms with Gasteiger partial charge in [0.15, 0.2) is 0 Å². The maximum Gasteiger partial charge on any atom is 0.305 e. The van der Waals surface area contributed by atoms with E-state index in [1.54, 1.807) is 0 Å². The minimum absolute atomic E-state index is 0.108. The summed E-state index contributed by atoms with van der Waals surface area (Å²) in [5.41, 5.74) is 0. The molecule has 0 aliphatic carbocycles. The van der Waals surface area contributed by atoms with E-state index in [4.69, 9.17) is 9.47 Å². The standard InChI is InChI=1S/C43H84O5/c1-4-6-7-8-9-10-11-21-24-27-30-33-36-42(45)47-38-41(44)39-48-43(46)37-34-31-28-25-22-19-17-15-13-12-14-16-18-20-23-26-29-32-35-40(3)5-2/h40-41,44H,4-39H2,1-3H3/t40?,41-/m0/s1. The molecule has 5 heteroatoms. The number of hydrogen-bond donors (Lipinski definition) is 1. The van der Waals surface area contributed by atoms with Crippen molar-refractivity contribution in [1.29, 1.82) is 0 Å². The van der Waals surface area contributed by atoms with Crippen LogP contribution in [0.2, 0.25) is 0 Å². The highest BCUT2D eigenvalue weighted by atomic mass is 16.6. The molecule has 0 saturated carbocycles. The topological polar surface area (TPSA) is 72.8 Å². The molecular weight excluding hydrogens is 596 g/mol. The molecule has 0 heterocycles. The van der Waals surface area contributed by atoms with E-state index in [-0.39, 0.29) is 25.2 Å². The fraction of sp³-hybridized carbons (Fsp3) is 0.953. The first-order chi connectivity index (χ1) is 23.5. The molecule has 0 radical (unpaired) electrons. The Labute approximate surface area is 299 Å². The van der Waals surface area contributed by atoms with Crippen molar-refractivity contribution < 1.29 is 24.2 Å². The summed E-state index contributed by atoms with van der Waals surface area (Å²) in [5.74, 6) is 0.366. The molecule has 5 nitrogen and oxygen atoms in total. The maximum absolute atomic E-state index is 12.0. The highest BCUT2D eigenvalue weighted by molar-refractivity contribution is 5.69. The lowest BCUT2D eigenvalue weighted by atomic mass is 9.99. The summed E-state index contributed by atoms with van der Waals surface area (Å²) >= 11 is 0. The summed E-state index contributed by atoms with van der Waals surface area (Å²) in [7, 11) is 0. The molecular formula is C43H84O5. The van der Waals surface area contributed by atoms with Gasteiger partial charge in [0.05, 0.1) is 0 Å². The van der Waals surface area contributed by atoms with E-state index >= 15 is 0 Å². The molecule has 0 aromatic rings. The summed E-state index contributed by atoms with van der Waals surface area (Å²) in [4.78, 5) is 23.9. The zero-order chi connectivity index (χ0) is 35.2. The first kappa shape index (κ1) is 46.9. The van der Waals surface area contributed by atoms with Crippen LogP contribution in [0.3, 0.4) is 0 Å². The average molecular weight is 681 g/mol. The van der Waals surface area contributed by atoms with Gasteiger partial charge in [-0.2, -0.15) is 0 Å². The molecule has 1 N–H and O–H groups in total. The van der Waals surface area contributed by atoms with E-state index in [2.05, 4.69) is 20.8 Å². The van der Waals surface area contributed by atoms with Crippen molar-refractivity contribution in [3.63, 3.8) is 0 Å². The molecule has 0 aliphatic heterocycles. The van der Waals surface area contributed by atoms with Gasteiger partial charge in [-0.1, -0.05) is 213 Å². The second kappa shape index (κ2) is 38.7. The molecule has 0 aromatic carbocycles. The first-order valence-corrected chi connectivity index (χ1v) is 21.5. The van der Waals surface area contributed by atoms with Crippen LogP contribution in [0.25, 0.3) is 0 Å². The van der Waals surface area contributed by atoms with E-state index in [9.17, 15) is 14.7 Å². The SMILES string of the molecule is CCCCCCCCCCCCCCC(=O)OC[C@H](O)COC(=O)CCCCCCCCCCCCCCCCCCCCC(C)CC. The van der Waals surface area contributed by atoms with Crippen LogP contribution in [0.4, 0.5) is 0 Å². The van der Waals surface area contributed by atoms with Crippen LogP contribution in [0.5, 0.6) is 0 Å². The number of aliphatic hydroxyl groups excluding tert-OH is 1. The Hall–Kier alpha value is -1.10. The van der Waals surface area contributed by atoms with Gasteiger partial charge >= 0.3 is 11.9 Å². The zero-order valence-electron chi connectivity index (χ0n) is 32.7. The number of ether oxygens (including phenoxy) is 2. The van der Waals surface area contributed by atoms with Crippen LogP contribution in [0.15, 0.2) is 0 Å². The van der Waals surface area contributed by atoms with Gasteiger partial charge in [0.25, 0.3) is 0 Å². The monoisotopic (exact) mass is 681 g/mol. The van der Waals surface area contributed by atoms with Crippen LogP contribution >= 0.6 is 0 Å². The lowest BCUT2D eigenvalue weighted by molar-refractivity contribution is -0.152. The van der Waals surface area contributed by atoms with Gasteiger partial charge in [0.2, 0.25) is 0 Å². The maximum atomic E-state index is 12.0. The number of rotatable bonds is 39. The molecule has 0 bridgehead atoms. The van der Waals surface area contributed by atoms with E-state index in [0.29, 0.717) is 12.8 Å². The van der Waals surface area contributed by atoms with Crippen molar-refractivity contribution in [3.8, 4) is 0 Å². The number of carbonyl (C=O) groups is 2. The Morgan fingerprint density at radius 1 is 0.438 bits per heavy atom. The van der Waals surface area contributed by atoms with Crippen LogP contribution in [-0.2, 0) is 19.1 Å². The van der Waals surface area contributed by atoms with Crippen molar-refractivity contribution in [2.75, 3.05) is 13.2 Å². The quantitative estimate of drug-likeness (QED) is 0.0517.